The molecule has 4 aromatic rings. The third kappa shape index (κ3) is 6.20. The number of aryl methyl sites for hydroxylation is 1. The van der Waals surface area contributed by atoms with Gasteiger partial charge < -0.3 is 23.8 Å². The molecule has 0 bridgehead atoms. The Morgan fingerprint density at radius 1 is 1.05 bits per heavy atom. The van der Waals surface area contributed by atoms with Gasteiger partial charge in [-0.25, -0.2) is 4.98 Å². The zero-order chi connectivity index (χ0) is 27.2. The third-order valence-corrected chi connectivity index (χ3v) is 5.92. The average molecular weight is 521 g/mol. The van der Waals surface area contributed by atoms with E-state index in [1.165, 1.54) is 30.7 Å². The highest BCUT2D eigenvalue weighted by molar-refractivity contribution is 6.07. The van der Waals surface area contributed by atoms with Gasteiger partial charge >= 0.3 is 6.61 Å². The van der Waals surface area contributed by atoms with Crippen LogP contribution in [0, 0.1) is 19.8 Å². The predicted octanol–water partition coefficient (Wildman–Crippen LogP) is 4.33. The van der Waals surface area contributed by atoms with Gasteiger partial charge in [0.1, 0.15) is 18.6 Å². The number of aliphatic carboxylic acids is 1. The number of carboxylic acids is 1. The molecule has 1 unspecified atom stereocenters. The van der Waals surface area contributed by atoms with E-state index in [4.69, 9.17) is 9.15 Å². The molecule has 196 valence electrons. The molecule has 4 rings (SSSR count). The van der Waals surface area contributed by atoms with E-state index in [9.17, 15) is 23.5 Å². The zero-order valence-electron chi connectivity index (χ0n) is 20.5. The van der Waals surface area contributed by atoms with Crippen molar-refractivity contribution < 1.29 is 37.4 Å². The number of hydrogen-bond donors (Lipinski definition) is 0. The van der Waals surface area contributed by atoms with Crippen LogP contribution in [0.3, 0.4) is 0 Å². The predicted molar refractivity (Wildman–Crippen MR) is 130 cm³/mol. The van der Waals surface area contributed by atoms with Gasteiger partial charge in [-0.15, -0.1) is 0 Å². The Hall–Kier alpha value is -4.60. The van der Waals surface area contributed by atoms with Crippen molar-refractivity contribution in [3.05, 3.63) is 95.1 Å². The van der Waals surface area contributed by atoms with Crippen LogP contribution in [0.4, 0.5) is 8.78 Å². The molecular weight excluding hydrogens is 498 g/mol. The summed E-state index contributed by atoms with van der Waals surface area (Å²) in [5.41, 5.74) is 2.81. The normalized spacial score (nSPS) is 11.8. The van der Waals surface area contributed by atoms with Crippen molar-refractivity contribution in [2.75, 3.05) is 0 Å². The number of alkyl halides is 2. The van der Waals surface area contributed by atoms with Gasteiger partial charge in [-0.3, -0.25) is 9.78 Å². The first-order chi connectivity index (χ1) is 18.2. The van der Waals surface area contributed by atoms with Crippen molar-refractivity contribution in [3.8, 4) is 23.0 Å². The Kier molecular flexibility index (Phi) is 8.10. The first kappa shape index (κ1) is 26.5. The maximum atomic E-state index is 13.0. The van der Waals surface area contributed by atoms with E-state index in [2.05, 4.69) is 14.7 Å². The van der Waals surface area contributed by atoms with Crippen LogP contribution in [-0.4, -0.2) is 28.3 Å². The highest BCUT2D eigenvalue weighted by Crippen LogP contribution is 2.34. The molecule has 10 heteroatoms. The van der Waals surface area contributed by atoms with Crippen molar-refractivity contribution in [2.24, 2.45) is 5.92 Å². The Labute approximate surface area is 216 Å². The summed E-state index contributed by atoms with van der Waals surface area (Å²) < 4.78 is 41.6. The number of nitrogens with zero attached hydrogens (tertiary/aromatic N) is 2. The van der Waals surface area contributed by atoms with Crippen LogP contribution in [0.5, 0.6) is 11.5 Å². The lowest BCUT2D eigenvalue weighted by Gasteiger charge is -2.16. The van der Waals surface area contributed by atoms with Crippen LogP contribution in [0.1, 0.15) is 32.9 Å². The number of benzene rings is 2. The second-order valence-electron chi connectivity index (χ2n) is 8.50. The molecule has 0 saturated heterocycles. The second kappa shape index (κ2) is 11.6. The van der Waals surface area contributed by atoms with Gasteiger partial charge in [0.05, 0.1) is 17.6 Å². The van der Waals surface area contributed by atoms with Crippen LogP contribution in [0.2, 0.25) is 0 Å². The van der Waals surface area contributed by atoms with Crippen molar-refractivity contribution in [2.45, 2.75) is 33.5 Å². The van der Waals surface area contributed by atoms with Gasteiger partial charge in [-0.1, -0.05) is 30.3 Å². The summed E-state index contributed by atoms with van der Waals surface area (Å²) in [4.78, 5) is 33.2. The van der Waals surface area contributed by atoms with E-state index < -0.39 is 24.3 Å². The second-order valence-corrected chi connectivity index (χ2v) is 8.50. The molecule has 2 aromatic carbocycles. The molecule has 0 aliphatic rings. The number of hydrogen-bond acceptors (Lipinski definition) is 8. The molecule has 0 spiro atoms. The van der Waals surface area contributed by atoms with Crippen molar-refractivity contribution >= 4 is 11.8 Å². The lowest BCUT2D eigenvalue weighted by molar-refractivity contribution is -0.309. The fourth-order valence-corrected chi connectivity index (χ4v) is 3.75. The monoisotopic (exact) mass is 521 g/mol. The smallest absolute Gasteiger partial charge is 0.387 e. The summed E-state index contributed by atoms with van der Waals surface area (Å²) in [6, 6.07) is 15.0. The van der Waals surface area contributed by atoms with Crippen molar-refractivity contribution in [1.29, 1.82) is 0 Å². The quantitative estimate of drug-likeness (QED) is 0.212. The minimum atomic E-state index is -3.06. The van der Waals surface area contributed by atoms with E-state index in [0.29, 0.717) is 11.1 Å². The fraction of sp³-hybridized carbons (Fsp3) is 0.214. The summed E-state index contributed by atoms with van der Waals surface area (Å²) in [5, 5.41) is 11.8. The molecule has 0 radical (unpaired) electrons. The zero-order valence-corrected chi connectivity index (χ0v) is 20.5. The largest absolute Gasteiger partial charge is 0.549 e. The van der Waals surface area contributed by atoms with Gasteiger partial charge in [-0.2, -0.15) is 8.78 Å². The van der Waals surface area contributed by atoms with Crippen molar-refractivity contribution in [3.63, 3.8) is 0 Å². The van der Waals surface area contributed by atoms with Crippen LogP contribution < -0.4 is 14.6 Å². The van der Waals surface area contributed by atoms with Crippen LogP contribution in [-0.2, 0) is 17.8 Å². The van der Waals surface area contributed by atoms with E-state index in [-0.39, 0.29) is 41.8 Å². The summed E-state index contributed by atoms with van der Waals surface area (Å²) >= 11 is 0. The molecule has 38 heavy (non-hydrogen) atoms. The Balaban J connectivity index is 1.57. The van der Waals surface area contributed by atoms with Gasteiger partial charge in [0.15, 0.2) is 17.3 Å². The fourth-order valence-electron chi connectivity index (χ4n) is 3.75. The summed E-state index contributed by atoms with van der Waals surface area (Å²) in [6.07, 6.45) is 2.38. The number of carbonyl (C=O) groups excluding carboxylic acids is 2. The summed E-state index contributed by atoms with van der Waals surface area (Å²) in [7, 11) is 0. The van der Waals surface area contributed by atoms with E-state index in [1.54, 1.807) is 19.9 Å². The van der Waals surface area contributed by atoms with Gasteiger partial charge in [0.25, 0.3) is 0 Å². The SMILES string of the molecule is Cc1ccnc(C(=O)C(Cc2coc(-c3ccc(OC(F)F)c(OCc4ccccc4)c3)n2)C(=O)[O-])c1C. The number of halogens is 2. The number of oxazole rings is 1. The van der Waals surface area contributed by atoms with E-state index in [0.717, 1.165) is 11.1 Å². The molecule has 0 aliphatic heterocycles. The molecule has 1 atom stereocenters. The molecular formula is C28H23F2N2O6-. The first-order valence-corrected chi connectivity index (χ1v) is 11.6. The van der Waals surface area contributed by atoms with Crippen molar-refractivity contribution in [1.82, 2.24) is 9.97 Å². The Morgan fingerprint density at radius 3 is 2.53 bits per heavy atom. The third-order valence-electron chi connectivity index (χ3n) is 5.92. The van der Waals surface area contributed by atoms with Crippen LogP contribution in [0.25, 0.3) is 11.5 Å². The highest BCUT2D eigenvalue weighted by atomic mass is 19.3. The number of ketones is 1. The lowest BCUT2D eigenvalue weighted by atomic mass is 9.93. The number of rotatable bonds is 11. The molecule has 8 nitrogen and oxygen atoms in total. The highest BCUT2D eigenvalue weighted by Gasteiger charge is 2.26. The number of aromatic nitrogens is 2. The first-order valence-electron chi connectivity index (χ1n) is 11.6. The molecule has 0 aliphatic carbocycles. The minimum Gasteiger partial charge on any atom is -0.549 e. The van der Waals surface area contributed by atoms with Crippen LogP contribution in [0.15, 0.2) is 71.5 Å². The molecule has 0 fully saturated rings. The van der Waals surface area contributed by atoms with Gasteiger partial charge in [-0.05, 0) is 54.8 Å². The van der Waals surface area contributed by atoms with Gasteiger partial charge in [0.2, 0.25) is 5.89 Å². The van der Waals surface area contributed by atoms with E-state index in [1.807, 2.05) is 30.3 Å². The Morgan fingerprint density at radius 2 is 1.82 bits per heavy atom. The Bertz CT molecular complexity index is 1440. The molecule has 0 N–H and O–H groups in total. The topological polar surface area (TPSA) is 115 Å². The molecule has 2 heterocycles. The average Bonchev–Trinajstić information content (AvgIpc) is 3.37. The number of ether oxygens (including phenoxy) is 2. The minimum absolute atomic E-state index is 0.0372. The molecule has 0 saturated carbocycles. The summed E-state index contributed by atoms with van der Waals surface area (Å²) in [5.74, 6) is -3.85. The number of pyridine rings is 1. The molecule has 2 aromatic heterocycles. The maximum absolute atomic E-state index is 13.0. The van der Waals surface area contributed by atoms with E-state index >= 15 is 0 Å². The number of carboxylic acid groups (broad SMARTS) is 1. The number of Topliss-reactive ketones (excluding diaryl/α,β-unsaturated/α-hetero) is 1. The maximum Gasteiger partial charge on any atom is 0.387 e. The molecule has 0 amide bonds. The lowest BCUT2D eigenvalue weighted by Crippen LogP contribution is -2.38. The number of carbonyl (C=O) groups is 2. The van der Waals surface area contributed by atoms with Crippen LogP contribution >= 0.6 is 0 Å². The van der Waals surface area contributed by atoms with Gasteiger partial charge in [0, 0.05) is 18.2 Å². The summed E-state index contributed by atoms with van der Waals surface area (Å²) in [6.45, 7) is 0.525. The standard InChI is InChI=1S/C28H24F2N2O6/c1-16-10-11-31-24(17(16)2)25(33)21(27(34)35)13-20-15-37-26(32-20)19-8-9-22(38-28(29)30)23(12-19)36-14-18-6-4-3-5-7-18/h3-12,15,21,28H,13-14H2,1-2H3,(H,34,35)/p-1.